The number of carboxylic acids is 1. The molecule has 0 aromatic heterocycles. The van der Waals surface area contributed by atoms with Crippen LogP contribution in [0.15, 0.2) is 0 Å². The van der Waals surface area contributed by atoms with Gasteiger partial charge in [-0.3, -0.25) is 9.59 Å². The summed E-state index contributed by atoms with van der Waals surface area (Å²) in [6.07, 6.45) is 4.01. The maximum atomic E-state index is 12.2. The lowest BCUT2D eigenvalue weighted by Gasteiger charge is -2.44. The van der Waals surface area contributed by atoms with Gasteiger partial charge in [-0.15, -0.1) is 0 Å². The minimum absolute atomic E-state index is 0.0119. The summed E-state index contributed by atoms with van der Waals surface area (Å²) in [6, 6.07) is -0.0119. The van der Waals surface area contributed by atoms with Crippen LogP contribution < -0.4 is 5.73 Å². The van der Waals surface area contributed by atoms with Gasteiger partial charge in [-0.1, -0.05) is 19.8 Å². The van der Waals surface area contributed by atoms with Gasteiger partial charge in [-0.25, -0.2) is 0 Å². The molecular weight excluding hydrogens is 232 g/mol. The van der Waals surface area contributed by atoms with Gasteiger partial charge in [-0.05, 0) is 12.8 Å². The maximum Gasteiger partial charge on any atom is 0.306 e. The molecule has 3 atom stereocenters. The fraction of sp³-hybridized carbons (Fsp3) is 0.846. The summed E-state index contributed by atoms with van der Waals surface area (Å²) < 4.78 is 0. The lowest BCUT2D eigenvalue weighted by atomic mass is 9.81. The highest BCUT2D eigenvalue weighted by Crippen LogP contribution is 2.30. The molecule has 2 rings (SSSR count). The normalized spacial score (nSPS) is 30.7. The molecule has 0 bridgehead atoms. The lowest BCUT2D eigenvalue weighted by Crippen LogP contribution is -2.57. The summed E-state index contributed by atoms with van der Waals surface area (Å²) in [5.41, 5.74) is 6.00. The van der Waals surface area contributed by atoms with Crippen molar-refractivity contribution in [3.05, 3.63) is 0 Å². The summed E-state index contributed by atoms with van der Waals surface area (Å²) in [7, 11) is 0. The van der Waals surface area contributed by atoms with Crippen LogP contribution in [0.5, 0.6) is 0 Å². The first-order chi connectivity index (χ1) is 8.50. The van der Waals surface area contributed by atoms with Crippen LogP contribution in [0.4, 0.5) is 0 Å². The van der Waals surface area contributed by atoms with Crippen LogP contribution in [0.1, 0.15) is 32.6 Å². The van der Waals surface area contributed by atoms with Crippen molar-refractivity contribution >= 4 is 11.9 Å². The first-order valence-corrected chi connectivity index (χ1v) is 6.78. The Hall–Kier alpha value is -1.10. The second-order valence-corrected chi connectivity index (χ2v) is 5.69. The summed E-state index contributed by atoms with van der Waals surface area (Å²) in [5, 5.41) is 8.91. The molecule has 0 aromatic carbocycles. The van der Waals surface area contributed by atoms with Gasteiger partial charge in [-0.2, -0.15) is 0 Å². The number of hydrogen-bond donors (Lipinski definition) is 2. The van der Waals surface area contributed by atoms with Crippen molar-refractivity contribution in [2.45, 2.75) is 38.6 Å². The molecule has 0 aromatic rings. The van der Waals surface area contributed by atoms with Crippen LogP contribution in [0, 0.1) is 17.8 Å². The van der Waals surface area contributed by atoms with Crippen LogP contribution in [0.3, 0.4) is 0 Å². The second-order valence-electron chi connectivity index (χ2n) is 5.69. The van der Waals surface area contributed by atoms with E-state index < -0.39 is 5.97 Å². The zero-order valence-corrected chi connectivity index (χ0v) is 10.8. The van der Waals surface area contributed by atoms with Crippen LogP contribution in [-0.4, -0.2) is 41.0 Å². The third-order valence-electron chi connectivity index (χ3n) is 4.45. The lowest BCUT2D eigenvalue weighted by molar-refractivity contribution is -0.153. The average molecular weight is 254 g/mol. The highest BCUT2D eigenvalue weighted by molar-refractivity contribution is 5.81. The average Bonchev–Trinajstić information content (AvgIpc) is 2.27. The van der Waals surface area contributed by atoms with E-state index in [-0.39, 0.29) is 29.7 Å². The number of carboxylic acid groups (broad SMARTS) is 1. The zero-order chi connectivity index (χ0) is 13.3. The van der Waals surface area contributed by atoms with E-state index in [0.29, 0.717) is 13.1 Å². The van der Waals surface area contributed by atoms with Crippen molar-refractivity contribution in [2.24, 2.45) is 23.5 Å². The Morgan fingerprint density at radius 1 is 1.28 bits per heavy atom. The van der Waals surface area contributed by atoms with Gasteiger partial charge in [0.1, 0.15) is 0 Å². The molecule has 5 nitrogen and oxygen atoms in total. The van der Waals surface area contributed by atoms with Crippen LogP contribution in [0.25, 0.3) is 0 Å². The van der Waals surface area contributed by atoms with Crippen LogP contribution in [-0.2, 0) is 9.59 Å². The molecule has 102 valence electrons. The van der Waals surface area contributed by atoms with Gasteiger partial charge in [0.25, 0.3) is 0 Å². The fourth-order valence-corrected chi connectivity index (χ4v) is 2.91. The largest absolute Gasteiger partial charge is 0.481 e. The van der Waals surface area contributed by atoms with Gasteiger partial charge in [0.15, 0.2) is 0 Å². The number of likely N-dealkylation sites (tertiary alicyclic amines) is 1. The highest BCUT2D eigenvalue weighted by atomic mass is 16.4. The molecule has 3 unspecified atom stereocenters. The van der Waals surface area contributed by atoms with Gasteiger partial charge in [0.2, 0.25) is 5.91 Å². The monoisotopic (exact) mass is 254 g/mol. The Balaban J connectivity index is 1.84. The smallest absolute Gasteiger partial charge is 0.306 e. The van der Waals surface area contributed by atoms with Gasteiger partial charge in [0.05, 0.1) is 11.8 Å². The molecule has 1 saturated carbocycles. The summed E-state index contributed by atoms with van der Waals surface area (Å²) in [4.78, 5) is 24.8. The van der Waals surface area contributed by atoms with E-state index in [0.717, 1.165) is 25.7 Å². The number of rotatable bonds is 3. The molecule has 2 fully saturated rings. The number of carbonyl (C=O) groups is 2. The molecule has 1 aliphatic heterocycles. The Kier molecular flexibility index (Phi) is 3.90. The first-order valence-electron chi connectivity index (χ1n) is 6.78. The molecule has 5 heteroatoms. The Labute approximate surface area is 107 Å². The molecule has 2 aliphatic rings. The van der Waals surface area contributed by atoms with E-state index in [2.05, 4.69) is 0 Å². The predicted octanol–water partition coefficient (Wildman–Crippen LogP) is 0.683. The van der Waals surface area contributed by atoms with Gasteiger partial charge >= 0.3 is 5.97 Å². The number of hydrogen-bond acceptors (Lipinski definition) is 3. The van der Waals surface area contributed by atoms with Crippen LogP contribution >= 0.6 is 0 Å². The van der Waals surface area contributed by atoms with Crippen molar-refractivity contribution < 1.29 is 14.7 Å². The van der Waals surface area contributed by atoms with Crippen molar-refractivity contribution in [3.63, 3.8) is 0 Å². The molecule has 0 radical (unpaired) electrons. The predicted molar refractivity (Wildman–Crippen MR) is 66.8 cm³/mol. The van der Waals surface area contributed by atoms with Crippen molar-refractivity contribution in [1.29, 1.82) is 0 Å². The highest BCUT2D eigenvalue weighted by Gasteiger charge is 2.40. The molecule has 1 aliphatic carbocycles. The third kappa shape index (κ3) is 2.51. The van der Waals surface area contributed by atoms with Gasteiger partial charge in [0, 0.05) is 25.0 Å². The van der Waals surface area contributed by atoms with E-state index in [1.54, 1.807) is 11.8 Å². The van der Waals surface area contributed by atoms with Gasteiger partial charge < -0.3 is 15.7 Å². The topological polar surface area (TPSA) is 83.6 Å². The van der Waals surface area contributed by atoms with E-state index in [4.69, 9.17) is 10.8 Å². The fourth-order valence-electron chi connectivity index (χ4n) is 2.91. The number of amides is 1. The molecule has 1 amide bonds. The standard InChI is InChI=1S/C13H22N2O3/c1-8(13(17)18)9-6-15(7-9)12(16)10-4-2-3-5-11(10)14/h8-11H,2-7,14H2,1H3,(H,17,18). The molecular formula is C13H22N2O3. The first kappa shape index (κ1) is 13.3. The van der Waals surface area contributed by atoms with E-state index in [9.17, 15) is 9.59 Å². The van der Waals surface area contributed by atoms with E-state index in [1.165, 1.54) is 0 Å². The summed E-state index contributed by atoms with van der Waals surface area (Å²) in [6.45, 7) is 2.87. The number of nitrogens with zero attached hydrogens (tertiary/aromatic N) is 1. The number of carbonyl (C=O) groups excluding carboxylic acids is 1. The van der Waals surface area contributed by atoms with Crippen LogP contribution in [0.2, 0.25) is 0 Å². The van der Waals surface area contributed by atoms with E-state index >= 15 is 0 Å². The van der Waals surface area contributed by atoms with Crippen molar-refractivity contribution in [1.82, 2.24) is 4.90 Å². The minimum atomic E-state index is -0.776. The Bertz CT molecular complexity index is 339. The summed E-state index contributed by atoms with van der Waals surface area (Å²) in [5.74, 6) is -0.947. The van der Waals surface area contributed by atoms with Crippen molar-refractivity contribution in [2.75, 3.05) is 13.1 Å². The maximum absolute atomic E-state index is 12.2. The number of nitrogens with two attached hydrogens (primary N) is 1. The van der Waals surface area contributed by atoms with E-state index in [1.807, 2.05) is 0 Å². The minimum Gasteiger partial charge on any atom is -0.481 e. The molecule has 1 heterocycles. The zero-order valence-electron chi connectivity index (χ0n) is 10.8. The Morgan fingerprint density at radius 2 is 1.89 bits per heavy atom. The Morgan fingerprint density at radius 3 is 2.44 bits per heavy atom. The second kappa shape index (κ2) is 5.26. The quantitative estimate of drug-likeness (QED) is 0.776. The molecule has 18 heavy (non-hydrogen) atoms. The number of aliphatic carboxylic acids is 1. The summed E-state index contributed by atoms with van der Waals surface area (Å²) >= 11 is 0. The molecule has 3 N–H and O–H groups in total. The molecule has 0 spiro atoms. The molecule has 1 saturated heterocycles. The third-order valence-corrected chi connectivity index (χ3v) is 4.45. The van der Waals surface area contributed by atoms with Crippen molar-refractivity contribution in [3.8, 4) is 0 Å². The SMILES string of the molecule is CC(C(=O)O)C1CN(C(=O)C2CCCCC2N)C1.